The quantitative estimate of drug-likeness (QED) is 0.895. The van der Waals surface area contributed by atoms with E-state index in [4.69, 9.17) is 9.84 Å². The second-order valence-electron chi connectivity index (χ2n) is 4.54. The molecule has 1 atom stereocenters. The van der Waals surface area contributed by atoms with Gasteiger partial charge in [-0.05, 0) is 12.1 Å². The Kier molecular flexibility index (Phi) is 5.44. The summed E-state index contributed by atoms with van der Waals surface area (Å²) in [5, 5.41) is 9.11. The fraction of sp³-hybridized carbons (Fsp3) is 0.429. The van der Waals surface area contributed by atoms with Crippen LogP contribution in [-0.2, 0) is 9.59 Å². The maximum atomic E-state index is 13.3. The maximum Gasteiger partial charge on any atom is 0.327 e. The van der Waals surface area contributed by atoms with Crippen LogP contribution in [0.1, 0.15) is 6.42 Å². The lowest BCUT2D eigenvalue weighted by molar-refractivity contribution is -0.149. The maximum absolute atomic E-state index is 13.3. The lowest BCUT2D eigenvalue weighted by atomic mass is 10.2. The van der Waals surface area contributed by atoms with Crippen LogP contribution in [0.2, 0.25) is 0 Å². The Morgan fingerprint density at radius 3 is 2.90 bits per heavy atom. The number of hydrogen-bond donors (Lipinski definition) is 1. The molecule has 7 heteroatoms. The summed E-state index contributed by atoms with van der Waals surface area (Å²) in [7, 11) is 0. The van der Waals surface area contributed by atoms with Gasteiger partial charge in [0.05, 0.1) is 13.0 Å². The molecule has 1 aromatic rings. The molecule has 114 valence electrons. The molecule has 1 amide bonds. The van der Waals surface area contributed by atoms with E-state index in [-0.39, 0.29) is 24.7 Å². The molecule has 1 N–H and O–H groups in total. The average Bonchev–Trinajstić information content (AvgIpc) is 2.49. The highest BCUT2D eigenvalue weighted by atomic mass is 32.2. The summed E-state index contributed by atoms with van der Waals surface area (Å²) in [6, 6.07) is 5.17. The normalized spacial score (nSPS) is 18.3. The van der Waals surface area contributed by atoms with Crippen molar-refractivity contribution in [3.8, 4) is 5.75 Å². The molecule has 0 saturated carbocycles. The van der Waals surface area contributed by atoms with Gasteiger partial charge in [0.25, 0.3) is 0 Å². The standard InChI is InChI=1S/C14H16FNO4S/c15-10-3-1-2-4-12(10)20-7-5-13(17)16-6-8-21-9-11(16)14(18)19/h1-4,11H,5-9H2,(H,18,19). The van der Waals surface area contributed by atoms with Gasteiger partial charge in [0.1, 0.15) is 6.04 Å². The zero-order valence-corrected chi connectivity index (χ0v) is 12.1. The van der Waals surface area contributed by atoms with Gasteiger partial charge in [-0.1, -0.05) is 12.1 Å². The first kappa shape index (κ1) is 15.6. The van der Waals surface area contributed by atoms with Gasteiger partial charge in [0.15, 0.2) is 11.6 Å². The first-order chi connectivity index (χ1) is 10.1. The van der Waals surface area contributed by atoms with Gasteiger partial charge in [-0.15, -0.1) is 0 Å². The number of carbonyl (C=O) groups excluding carboxylic acids is 1. The summed E-state index contributed by atoms with van der Waals surface area (Å²) < 4.78 is 18.6. The number of rotatable bonds is 5. The number of nitrogens with zero attached hydrogens (tertiary/aromatic N) is 1. The molecular formula is C14H16FNO4S. The van der Waals surface area contributed by atoms with E-state index in [0.717, 1.165) is 5.75 Å². The molecule has 1 unspecified atom stereocenters. The van der Waals surface area contributed by atoms with Crippen molar-refractivity contribution in [3.63, 3.8) is 0 Å². The molecule has 1 aliphatic heterocycles. The van der Waals surface area contributed by atoms with Crippen LogP contribution in [-0.4, -0.2) is 52.6 Å². The third-order valence-electron chi connectivity index (χ3n) is 3.14. The first-order valence-corrected chi connectivity index (χ1v) is 7.72. The number of ether oxygens (including phenoxy) is 1. The number of carboxylic acid groups (broad SMARTS) is 1. The smallest absolute Gasteiger partial charge is 0.327 e. The van der Waals surface area contributed by atoms with Gasteiger partial charge < -0.3 is 14.7 Å². The van der Waals surface area contributed by atoms with Gasteiger partial charge in [0, 0.05) is 18.1 Å². The summed E-state index contributed by atoms with van der Waals surface area (Å²) in [6.45, 7) is 0.440. The number of benzene rings is 1. The minimum absolute atomic E-state index is 0.0236. The number of amides is 1. The van der Waals surface area contributed by atoms with Crippen LogP contribution in [0.25, 0.3) is 0 Å². The molecule has 1 heterocycles. The summed E-state index contributed by atoms with van der Waals surface area (Å²) in [5.41, 5.74) is 0. The van der Waals surface area contributed by atoms with Crippen molar-refractivity contribution in [2.24, 2.45) is 0 Å². The van der Waals surface area contributed by atoms with Crippen molar-refractivity contribution >= 4 is 23.6 Å². The second-order valence-corrected chi connectivity index (χ2v) is 5.69. The largest absolute Gasteiger partial charge is 0.490 e. The highest BCUT2D eigenvalue weighted by Crippen LogP contribution is 2.19. The SMILES string of the molecule is O=C(O)C1CSCCN1C(=O)CCOc1ccccc1F. The number of hydrogen-bond acceptors (Lipinski definition) is 4. The van der Waals surface area contributed by atoms with Gasteiger partial charge in [-0.3, -0.25) is 4.79 Å². The van der Waals surface area contributed by atoms with Crippen molar-refractivity contribution in [2.45, 2.75) is 12.5 Å². The molecule has 0 spiro atoms. The number of carbonyl (C=O) groups is 2. The zero-order valence-electron chi connectivity index (χ0n) is 11.3. The monoisotopic (exact) mass is 313 g/mol. The molecule has 1 aliphatic rings. The van der Waals surface area contributed by atoms with Crippen molar-refractivity contribution < 1.29 is 23.8 Å². The Bertz CT molecular complexity index is 525. The van der Waals surface area contributed by atoms with Crippen molar-refractivity contribution in [1.82, 2.24) is 4.90 Å². The van der Waals surface area contributed by atoms with E-state index in [2.05, 4.69) is 0 Å². The summed E-state index contributed by atoms with van der Waals surface area (Å²) >= 11 is 1.52. The third-order valence-corrected chi connectivity index (χ3v) is 4.17. The van der Waals surface area contributed by atoms with Gasteiger partial charge >= 0.3 is 5.97 Å². The van der Waals surface area contributed by atoms with Crippen LogP contribution < -0.4 is 4.74 Å². The summed E-state index contributed by atoms with van der Waals surface area (Å²) in [6.07, 6.45) is 0.0305. The predicted molar refractivity (Wildman–Crippen MR) is 77.0 cm³/mol. The summed E-state index contributed by atoms with van der Waals surface area (Å²) in [4.78, 5) is 24.6. The Hall–Kier alpha value is -1.76. The Labute approximate surface area is 126 Å². The topological polar surface area (TPSA) is 66.8 Å². The third kappa shape index (κ3) is 4.10. The first-order valence-electron chi connectivity index (χ1n) is 6.57. The lowest BCUT2D eigenvalue weighted by Crippen LogP contribution is -2.50. The minimum Gasteiger partial charge on any atom is -0.490 e. The van der Waals surface area contributed by atoms with E-state index in [9.17, 15) is 14.0 Å². The molecule has 0 bridgehead atoms. The van der Waals surface area contributed by atoms with Crippen molar-refractivity contribution in [2.75, 3.05) is 24.7 Å². The Morgan fingerprint density at radius 1 is 1.43 bits per heavy atom. The van der Waals surface area contributed by atoms with Gasteiger partial charge in [-0.2, -0.15) is 11.8 Å². The van der Waals surface area contributed by atoms with E-state index in [1.807, 2.05) is 0 Å². The highest BCUT2D eigenvalue weighted by Gasteiger charge is 2.31. The van der Waals surface area contributed by atoms with Crippen LogP contribution in [0.5, 0.6) is 5.75 Å². The molecule has 1 aromatic carbocycles. The van der Waals surface area contributed by atoms with Crippen molar-refractivity contribution in [1.29, 1.82) is 0 Å². The van der Waals surface area contributed by atoms with E-state index in [1.54, 1.807) is 12.1 Å². The van der Waals surface area contributed by atoms with Crippen LogP contribution in [0.3, 0.4) is 0 Å². The fourth-order valence-corrected chi connectivity index (χ4v) is 3.10. The summed E-state index contributed by atoms with van der Waals surface area (Å²) in [5.74, 6) is -0.541. The Balaban J connectivity index is 1.86. The fourth-order valence-electron chi connectivity index (χ4n) is 2.06. The number of halogens is 1. The van der Waals surface area contributed by atoms with Crippen LogP contribution in [0.15, 0.2) is 24.3 Å². The van der Waals surface area contributed by atoms with E-state index in [0.29, 0.717) is 12.3 Å². The molecule has 0 aromatic heterocycles. The van der Waals surface area contributed by atoms with Crippen LogP contribution in [0.4, 0.5) is 4.39 Å². The van der Waals surface area contributed by atoms with Gasteiger partial charge in [-0.25, -0.2) is 9.18 Å². The lowest BCUT2D eigenvalue weighted by Gasteiger charge is -2.32. The molecule has 2 rings (SSSR count). The number of para-hydroxylation sites is 1. The van der Waals surface area contributed by atoms with Crippen molar-refractivity contribution in [3.05, 3.63) is 30.1 Å². The average molecular weight is 313 g/mol. The Morgan fingerprint density at radius 2 is 2.19 bits per heavy atom. The molecule has 1 saturated heterocycles. The van der Waals surface area contributed by atoms with Gasteiger partial charge in [0.2, 0.25) is 5.91 Å². The van der Waals surface area contributed by atoms with E-state index < -0.39 is 17.8 Å². The van der Waals surface area contributed by atoms with E-state index >= 15 is 0 Å². The molecule has 0 radical (unpaired) electrons. The molecule has 0 aliphatic carbocycles. The predicted octanol–water partition coefficient (Wildman–Crippen LogP) is 1.62. The van der Waals surface area contributed by atoms with Crippen LogP contribution in [0, 0.1) is 5.82 Å². The highest BCUT2D eigenvalue weighted by molar-refractivity contribution is 7.99. The molecular weight excluding hydrogens is 297 g/mol. The number of carboxylic acids is 1. The molecule has 5 nitrogen and oxygen atoms in total. The van der Waals surface area contributed by atoms with E-state index in [1.165, 1.54) is 28.8 Å². The zero-order chi connectivity index (χ0) is 15.2. The molecule has 1 fully saturated rings. The van der Waals surface area contributed by atoms with Crippen LogP contribution >= 0.6 is 11.8 Å². The minimum atomic E-state index is -0.995. The second kappa shape index (κ2) is 7.31. The number of thioether (sulfide) groups is 1. The number of aliphatic carboxylic acids is 1. The molecule has 21 heavy (non-hydrogen) atoms.